The Morgan fingerprint density at radius 2 is 1.81 bits per heavy atom. The summed E-state index contributed by atoms with van der Waals surface area (Å²) in [5, 5.41) is 1.46. The first-order chi connectivity index (χ1) is 12.9. The van der Waals surface area contributed by atoms with E-state index in [-0.39, 0.29) is 24.5 Å². The molecule has 0 amide bonds. The quantitative estimate of drug-likeness (QED) is 0.310. The number of carbonyl (C=O) groups is 3. The van der Waals surface area contributed by atoms with Crippen molar-refractivity contribution in [1.82, 2.24) is 4.40 Å². The van der Waals surface area contributed by atoms with Gasteiger partial charge in [0.05, 0.1) is 36.3 Å². The molecule has 0 aliphatic carbocycles. The molecule has 0 unspecified atom stereocenters. The number of esters is 3. The first kappa shape index (κ1) is 20.6. The van der Waals surface area contributed by atoms with E-state index in [9.17, 15) is 14.4 Å². The Morgan fingerprint density at radius 1 is 1.15 bits per heavy atom. The third kappa shape index (κ3) is 4.51. The van der Waals surface area contributed by atoms with E-state index in [1.807, 2.05) is 13.0 Å². The van der Waals surface area contributed by atoms with E-state index in [0.717, 1.165) is 17.3 Å². The molecular formula is C19H21NO6S. The maximum absolute atomic E-state index is 12.6. The molecule has 0 fully saturated rings. The summed E-state index contributed by atoms with van der Waals surface area (Å²) in [4.78, 5) is 36.9. The van der Waals surface area contributed by atoms with E-state index in [2.05, 4.69) is 4.74 Å². The second-order valence-corrected chi connectivity index (χ2v) is 6.31. The summed E-state index contributed by atoms with van der Waals surface area (Å²) < 4.78 is 16.5. The van der Waals surface area contributed by atoms with Crippen LogP contribution in [0.3, 0.4) is 0 Å². The summed E-state index contributed by atoms with van der Waals surface area (Å²) in [6.45, 7) is 5.68. The Labute approximate surface area is 161 Å². The van der Waals surface area contributed by atoms with Crippen molar-refractivity contribution in [3.63, 3.8) is 0 Å². The standard InChI is InChI=1S/C19H21NO6S/c1-5-25-18(22)15-13-11-12(3)7-9-20(13)16(19(23)26-6-2)17(15)27-10-8-14(21)24-4/h7-11H,5-6H2,1-4H3/b10-8+. The van der Waals surface area contributed by atoms with E-state index in [4.69, 9.17) is 9.47 Å². The fourth-order valence-corrected chi connectivity index (χ4v) is 3.38. The Morgan fingerprint density at radius 3 is 2.44 bits per heavy atom. The number of nitrogens with zero attached hydrogens (tertiary/aromatic N) is 1. The summed E-state index contributed by atoms with van der Waals surface area (Å²) in [6.07, 6.45) is 2.91. The molecule has 0 N–H and O–H groups in total. The lowest BCUT2D eigenvalue weighted by atomic mass is 10.2. The average molecular weight is 391 g/mol. The number of aryl methyl sites for hydroxylation is 1. The van der Waals surface area contributed by atoms with Crippen molar-refractivity contribution < 1.29 is 28.6 Å². The van der Waals surface area contributed by atoms with Crippen LogP contribution >= 0.6 is 11.8 Å². The third-order valence-electron chi connectivity index (χ3n) is 3.59. The smallest absolute Gasteiger partial charge is 0.356 e. The molecule has 0 saturated carbocycles. The fourth-order valence-electron chi connectivity index (χ4n) is 2.47. The molecule has 27 heavy (non-hydrogen) atoms. The largest absolute Gasteiger partial charge is 0.466 e. The van der Waals surface area contributed by atoms with Gasteiger partial charge in [-0.2, -0.15) is 0 Å². The number of fused-ring (bicyclic) bond motifs is 1. The Hall–Kier alpha value is -2.74. The maximum Gasteiger partial charge on any atom is 0.356 e. The van der Waals surface area contributed by atoms with Gasteiger partial charge in [-0.15, -0.1) is 0 Å². The first-order valence-corrected chi connectivity index (χ1v) is 9.22. The number of rotatable bonds is 7. The summed E-state index contributed by atoms with van der Waals surface area (Å²) in [5.41, 5.74) is 1.91. The van der Waals surface area contributed by atoms with E-state index in [0.29, 0.717) is 10.4 Å². The molecule has 0 spiro atoms. The molecule has 0 aliphatic heterocycles. The lowest BCUT2D eigenvalue weighted by Crippen LogP contribution is -2.09. The molecule has 0 atom stereocenters. The van der Waals surface area contributed by atoms with Crippen LogP contribution in [-0.2, 0) is 19.0 Å². The van der Waals surface area contributed by atoms with Crippen molar-refractivity contribution in [2.45, 2.75) is 25.7 Å². The van der Waals surface area contributed by atoms with E-state index >= 15 is 0 Å². The highest BCUT2D eigenvalue weighted by atomic mass is 32.2. The van der Waals surface area contributed by atoms with Gasteiger partial charge < -0.3 is 18.6 Å². The van der Waals surface area contributed by atoms with Gasteiger partial charge in [0.2, 0.25) is 0 Å². The monoisotopic (exact) mass is 391 g/mol. The number of hydrogen-bond donors (Lipinski definition) is 0. The highest BCUT2D eigenvalue weighted by molar-refractivity contribution is 8.02. The van der Waals surface area contributed by atoms with Crippen molar-refractivity contribution in [3.8, 4) is 0 Å². The second kappa shape index (κ2) is 9.27. The van der Waals surface area contributed by atoms with E-state index in [1.54, 1.807) is 30.5 Å². The molecule has 0 radical (unpaired) electrons. The number of hydrogen-bond acceptors (Lipinski definition) is 7. The van der Waals surface area contributed by atoms with Crippen molar-refractivity contribution >= 4 is 35.2 Å². The van der Waals surface area contributed by atoms with Crippen molar-refractivity contribution in [3.05, 3.63) is 46.6 Å². The first-order valence-electron chi connectivity index (χ1n) is 8.34. The Balaban J connectivity index is 2.72. The third-order valence-corrected chi connectivity index (χ3v) is 4.49. The number of aromatic nitrogens is 1. The molecule has 0 aliphatic rings. The molecule has 0 saturated heterocycles. The van der Waals surface area contributed by atoms with Crippen molar-refractivity contribution in [2.24, 2.45) is 0 Å². The summed E-state index contributed by atoms with van der Waals surface area (Å²) in [7, 11) is 1.26. The summed E-state index contributed by atoms with van der Waals surface area (Å²) >= 11 is 1.05. The van der Waals surface area contributed by atoms with Crippen molar-refractivity contribution in [2.75, 3.05) is 20.3 Å². The van der Waals surface area contributed by atoms with Gasteiger partial charge in [0.25, 0.3) is 0 Å². The van der Waals surface area contributed by atoms with Crippen LogP contribution < -0.4 is 0 Å². The molecule has 2 heterocycles. The number of carbonyl (C=O) groups excluding carboxylic acids is 3. The Bertz CT molecular complexity index is 899. The zero-order valence-electron chi connectivity index (χ0n) is 15.6. The predicted molar refractivity (Wildman–Crippen MR) is 101 cm³/mol. The zero-order valence-corrected chi connectivity index (χ0v) is 16.4. The SMILES string of the molecule is CCOC(=O)c1c(S/C=C/C(=O)OC)c(C(=O)OCC)n2ccc(C)cc12. The highest BCUT2D eigenvalue weighted by Crippen LogP contribution is 2.35. The molecule has 2 rings (SSSR count). The lowest BCUT2D eigenvalue weighted by Gasteiger charge is -2.05. The van der Waals surface area contributed by atoms with Crippen LogP contribution in [-0.4, -0.2) is 42.6 Å². The van der Waals surface area contributed by atoms with Crippen LogP contribution in [0.1, 0.15) is 40.3 Å². The summed E-state index contributed by atoms with van der Waals surface area (Å²) in [6, 6.07) is 3.62. The molecule has 8 heteroatoms. The molecular weight excluding hydrogens is 370 g/mol. The number of thioether (sulfide) groups is 1. The fraction of sp³-hybridized carbons (Fsp3) is 0.316. The normalized spacial score (nSPS) is 11.0. The van der Waals surface area contributed by atoms with Gasteiger partial charge in [-0.05, 0) is 43.9 Å². The van der Waals surface area contributed by atoms with E-state index < -0.39 is 17.9 Å². The van der Waals surface area contributed by atoms with Gasteiger partial charge in [0.15, 0.2) is 0 Å². The molecule has 0 bridgehead atoms. The van der Waals surface area contributed by atoms with Crippen molar-refractivity contribution in [1.29, 1.82) is 0 Å². The van der Waals surface area contributed by atoms with Gasteiger partial charge in [-0.1, -0.05) is 11.8 Å². The molecule has 7 nitrogen and oxygen atoms in total. The van der Waals surface area contributed by atoms with Gasteiger partial charge in [0.1, 0.15) is 5.69 Å². The lowest BCUT2D eigenvalue weighted by molar-refractivity contribution is -0.134. The topological polar surface area (TPSA) is 83.3 Å². The average Bonchev–Trinajstić information content (AvgIpc) is 2.95. The molecule has 2 aromatic rings. The molecule has 2 aromatic heterocycles. The Kier molecular flexibility index (Phi) is 7.06. The van der Waals surface area contributed by atoms with E-state index in [1.165, 1.54) is 18.6 Å². The number of pyridine rings is 1. The predicted octanol–water partition coefficient (Wildman–Crippen LogP) is 3.38. The van der Waals surface area contributed by atoms with Gasteiger partial charge >= 0.3 is 17.9 Å². The zero-order chi connectivity index (χ0) is 20.0. The van der Waals surface area contributed by atoms with Crippen LogP contribution in [0, 0.1) is 6.92 Å². The summed E-state index contributed by atoms with van der Waals surface area (Å²) in [5.74, 6) is -1.66. The van der Waals surface area contributed by atoms with Crippen LogP contribution in [0.15, 0.2) is 34.7 Å². The molecule has 0 aromatic carbocycles. The number of methoxy groups -OCH3 is 1. The van der Waals surface area contributed by atoms with Crippen LogP contribution in [0.2, 0.25) is 0 Å². The van der Waals surface area contributed by atoms with Gasteiger partial charge in [0, 0.05) is 12.3 Å². The maximum atomic E-state index is 12.6. The number of ether oxygens (including phenoxy) is 3. The van der Waals surface area contributed by atoms with Gasteiger partial charge in [-0.3, -0.25) is 0 Å². The molecule has 144 valence electrons. The van der Waals surface area contributed by atoms with Crippen LogP contribution in [0.5, 0.6) is 0 Å². The second-order valence-electron chi connectivity index (χ2n) is 5.40. The minimum Gasteiger partial charge on any atom is -0.466 e. The minimum atomic E-state index is -0.569. The van der Waals surface area contributed by atoms with Crippen LogP contribution in [0.25, 0.3) is 5.52 Å². The van der Waals surface area contributed by atoms with Gasteiger partial charge in [-0.25, -0.2) is 14.4 Å². The van der Waals surface area contributed by atoms with Crippen LogP contribution in [0.4, 0.5) is 0 Å². The highest BCUT2D eigenvalue weighted by Gasteiger charge is 2.29. The minimum absolute atomic E-state index is 0.189.